The van der Waals surface area contributed by atoms with Crippen molar-refractivity contribution in [3.05, 3.63) is 101 Å². The number of hydrogen-bond acceptors (Lipinski definition) is 4. The fourth-order valence-electron chi connectivity index (χ4n) is 4.89. The summed E-state index contributed by atoms with van der Waals surface area (Å²) in [7, 11) is 1.65. The highest BCUT2D eigenvalue weighted by Gasteiger charge is 2.43. The van der Waals surface area contributed by atoms with Crippen molar-refractivity contribution in [2.45, 2.75) is 25.9 Å². The number of nitrogens with zero attached hydrogens (tertiary/aromatic N) is 3. The number of anilines is 1. The highest BCUT2D eigenvalue weighted by molar-refractivity contribution is 7.80. The van der Waals surface area contributed by atoms with Crippen LogP contribution in [0.25, 0.3) is 5.69 Å². The Bertz CT molecular complexity index is 1410. The summed E-state index contributed by atoms with van der Waals surface area (Å²) in [5.74, 6) is 0.885. The highest BCUT2D eigenvalue weighted by Crippen LogP contribution is 2.46. The van der Waals surface area contributed by atoms with E-state index in [0.717, 1.165) is 34.1 Å². The van der Waals surface area contributed by atoms with E-state index < -0.39 is 0 Å². The van der Waals surface area contributed by atoms with E-state index >= 15 is 0 Å². The largest absolute Gasteiger partial charge is 0.506 e. The van der Waals surface area contributed by atoms with Crippen molar-refractivity contribution in [2.24, 2.45) is 0 Å². The first-order valence-electron chi connectivity index (χ1n) is 11.2. The van der Waals surface area contributed by atoms with Crippen molar-refractivity contribution in [1.82, 2.24) is 14.9 Å². The molecule has 0 saturated carbocycles. The number of benzene rings is 2. The molecule has 2 aromatic heterocycles. The van der Waals surface area contributed by atoms with Crippen molar-refractivity contribution in [1.29, 1.82) is 0 Å². The summed E-state index contributed by atoms with van der Waals surface area (Å²) >= 11 is 12.2. The monoisotopic (exact) mass is 504 g/mol. The van der Waals surface area contributed by atoms with Crippen LogP contribution < -0.4 is 15.0 Å². The van der Waals surface area contributed by atoms with Gasteiger partial charge in [-0.2, -0.15) is 0 Å². The maximum atomic E-state index is 10.7. The Balaban J connectivity index is 1.72. The number of phenolic OH excluding ortho intramolecular Hbond substituents is 1. The molecular weight excluding hydrogens is 480 g/mol. The molecule has 1 saturated heterocycles. The zero-order valence-electron chi connectivity index (χ0n) is 19.6. The quantitative estimate of drug-likeness (QED) is 0.323. The van der Waals surface area contributed by atoms with E-state index in [9.17, 15) is 5.11 Å². The van der Waals surface area contributed by atoms with Crippen LogP contribution in [-0.2, 0) is 0 Å². The summed E-state index contributed by atoms with van der Waals surface area (Å²) in [5.41, 5.74) is 5.45. The number of para-hydroxylation sites is 2. The van der Waals surface area contributed by atoms with E-state index in [2.05, 4.69) is 34.8 Å². The molecule has 0 bridgehead atoms. The molecule has 8 heteroatoms. The van der Waals surface area contributed by atoms with Gasteiger partial charge in [-0.15, -0.1) is 0 Å². The Morgan fingerprint density at radius 2 is 1.80 bits per heavy atom. The molecule has 6 nitrogen and oxygen atoms in total. The second kappa shape index (κ2) is 9.24. The number of thiocarbonyl (C=S) groups is 1. The minimum Gasteiger partial charge on any atom is -0.506 e. The van der Waals surface area contributed by atoms with Crippen LogP contribution in [0.2, 0.25) is 5.02 Å². The van der Waals surface area contributed by atoms with Crippen LogP contribution in [0.5, 0.6) is 11.5 Å². The highest BCUT2D eigenvalue weighted by atomic mass is 35.5. The van der Waals surface area contributed by atoms with Crippen molar-refractivity contribution >= 4 is 34.6 Å². The molecule has 178 valence electrons. The standard InChI is InChI=1S/C27H25ClN4O2S/c1-16-14-19(17(2)31(16)22-15-18(28)11-12-24(22)34-3)26-25(20-8-6-7-13-29-20)30-27(35)32(26)21-9-4-5-10-23(21)33/h4-15,25-26,33H,1-3H3,(H,30,35)/t25-,26+/m1/s1. The van der Waals surface area contributed by atoms with Gasteiger partial charge in [0, 0.05) is 22.6 Å². The second-order valence-corrected chi connectivity index (χ2v) is 9.29. The molecule has 2 N–H and O–H groups in total. The summed E-state index contributed by atoms with van der Waals surface area (Å²) in [6.07, 6.45) is 1.78. The van der Waals surface area contributed by atoms with E-state index in [1.165, 1.54) is 0 Å². The first kappa shape index (κ1) is 23.2. The van der Waals surface area contributed by atoms with Gasteiger partial charge < -0.3 is 24.6 Å². The minimum atomic E-state index is -0.254. The van der Waals surface area contributed by atoms with Crippen molar-refractivity contribution < 1.29 is 9.84 Å². The lowest BCUT2D eigenvalue weighted by Gasteiger charge is -2.28. The summed E-state index contributed by atoms with van der Waals surface area (Å²) in [5, 5.41) is 15.3. The summed E-state index contributed by atoms with van der Waals surface area (Å²) < 4.78 is 7.79. The molecule has 2 atom stereocenters. The Morgan fingerprint density at radius 3 is 2.51 bits per heavy atom. The number of aromatic nitrogens is 2. The van der Waals surface area contributed by atoms with Gasteiger partial charge in [-0.25, -0.2) is 0 Å². The van der Waals surface area contributed by atoms with E-state index in [4.69, 9.17) is 28.6 Å². The molecule has 2 aromatic carbocycles. The van der Waals surface area contributed by atoms with Gasteiger partial charge in [0.25, 0.3) is 0 Å². The van der Waals surface area contributed by atoms with E-state index in [1.807, 2.05) is 53.4 Å². The molecule has 1 aliphatic heterocycles. The Hall–Kier alpha value is -3.55. The predicted molar refractivity (Wildman–Crippen MR) is 143 cm³/mol. The molecule has 0 aliphatic carbocycles. The van der Waals surface area contributed by atoms with Crippen LogP contribution in [0.15, 0.2) is 72.9 Å². The number of rotatable bonds is 5. The van der Waals surface area contributed by atoms with Crippen molar-refractivity contribution in [3.63, 3.8) is 0 Å². The Kier molecular flexibility index (Phi) is 6.13. The predicted octanol–water partition coefficient (Wildman–Crippen LogP) is 6.03. The van der Waals surface area contributed by atoms with E-state index in [0.29, 0.717) is 15.8 Å². The number of aromatic hydroxyl groups is 1. The molecule has 1 fully saturated rings. The average molecular weight is 505 g/mol. The van der Waals surface area contributed by atoms with Gasteiger partial charge in [0.05, 0.1) is 36.3 Å². The fraction of sp³-hybridized carbons (Fsp3) is 0.185. The van der Waals surface area contributed by atoms with Gasteiger partial charge in [-0.05, 0) is 80.2 Å². The van der Waals surface area contributed by atoms with Crippen molar-refractivity contribution in [2.75, 3.05) is 12.0 Å². The van der Waals surface area contributed by atoms with Gasteiger partial charge in [-0.1, -0.05) is 29.8 Å². The van der Waals surface area contributed by atoms with Crippen LogP contribution in [0, 0.1) is 13.8 Å². The van der Waals surface area contributed by atoms with Gasteiger partial charge in [0.15, 0.2) is 5.11 Å². The Morgan fingerprint density at radius 1 is 1.03 bits per heavy atom. The van der Waals surface area contributed by atoms with Gasteiger partial charge in [0.1, 0.15) is 11.5 Å². The van der Waals surface area contributed by atoms with Crippen LogP contribution in [0.1, 0.15) is 34.7 Å². The topological polar surface area (TPSA) is 62.5 Å². The molecule has 0 radical (unpaired) electrons. The maximum Gasteiger partial charge on any atom is 0.174 e. The van der Waals surface area contributed by atoms with Crippen LogP contribution in [0.3, 0.4) is 0 Å². The fourth-order valence-corrected chi connectivity index (χ4v) is 5.40. The molecule has 0 unspecified atom stereocenters. The number of methoxy groups -OCH3 is 1. The normalized spacial score (nSPS) is 17.5. The molecule has 5 rings (SSSR count). The second-order valence-electron chi connectivity index (χ2n) is 8.46. The third-order valence-electron chi connectivity index (χ3n) is 6.41. The number of phenols is 1. The van der Waals surface area contributed by atoms with Gasteiger partial charge in [-0.3, -0.25) is 4.98 Å². The maximum absolute atomic E-state index is 10.7. The van der Waals surface area contributed by atoms with E-state index in [1.54, 1.807) is 25.4 Å². The first-order valence-corrected chi connectivity index (χ1v) is 12.0. The van der Waals surface area contributed by atoms with E-state index in [-0.39, 0.29) is 17.8 Å². The van der Waals surface area contributed by atoms with Crippen molar-refractivity contribution in [3.8, 4) is 17.2 Å². The number of pyridine rings is 1. The molecule has 3 heterocycles. The Labute approximate surface area is 214 Å². The number of halogens is 1. The number of nitrogens with one attached hydrogen (secondary N) is 1. The third-order valence-corrected chi connectivity index (χ3v) is 6.96. The molecule has 1 aliphatic rings. The average Bonchev–Trinajstić information content (AvgIpc) is 3.35. The van der Waals surface area contributed by atoms with Crippen LogP contribution in [-0.4, -0.2) is 26.9 Å². The summed E-state index contributed by atoms with van der Waals surface area (Å²) in [6, 6.07) is 20.3. The zero-order valence-corrected chi connectivity index (χ0v) is 21.1. The molecule has 0 amide bonds. The first-order chi connectivity index (χ1) is 16.9. The number of hydrogen-bond donors (Lipinski definition) is 2. The smallest absolute Gasteiger partial charge is 0.174 e. The molecule has 35 heavy (non-hydrogen) atoms. The number of aryl methyl sites for hydroxylation is 1. The molecule has 0 spiro atoms. The lowest BCUT2D eigenvalue weighted by Crippen LogP contribution is -2.29. The summed E-state index contributed by atoms with van der Waals surface area (Å²) in [4.78, 5) is 6.60. The SMILES string of the molecule is COc1ccc(Cl)cc1-n1c(C)cc([C@H]2[C@@H](c3ccccn3)NC(=S)N2c2ccccc2O)c1C. The van der Waals surface area contributed by atoms with Crippen LogP contribution >= 0.6 is 23.8 Å². The lowest BCUT2D eigenvalue weighted by atomic mass is 9.96. The lowest BCUT2D eigenvalue weighted by molar-refractivity contribution is 0.412. The molecular formula is C27H25ClN4O2S. The third kappa shape index (κ3) is 4.00. The minimum absolute atomic E-state index is 0.161. The zero-order chi connectivity index (χ0) is 24.7. The summed E-state index contributed by atoms with van der Waals surface area (Å²) in [6.45, 7) is 4.13. The van der Waals surface area contributed by atoms with Crippen LogP contribution in [0.4, 0.5) is 5.69 Å². The van der Waals surface area contributed by atoms with Gasteiger partial charge >= 0.3 is 0 Å². The number of ether oxygens (including phenoxy) is 1. The molecule has 4 aromatic rings. The van der Waals surface area contributed by atoms with Gasteiger partial charge in [0.2, 0.25) is 0 Å².